The summed E-state index contributed by atoms with van der Waals surface area (Å²) in [7, 11) is 0. The molecule has 3 fully saturated rings. The molecule has 0 nitrogen and oxygen atoms in total. The third-order valence-electron chi connectivity index (χ3n) is 10.1. The van der Waals surface area contributed by atoms with Gasteiger partial charge in [-0.1, -0.05) is 70.2 Å². The smallest absolute Gasteiger partial charge is 0.131 e. The third-order valence-corrected chi connectivity index (χ3v) is 10.1. The summed E-state index contributed by atoms with van der Waals surface area (Å²) in [4.78, 5) is 0. The normalized spacial score (nSPS) is 31.9. The maximum absolute atomic E-state index is 15.2. The highest BCUT2D eigenvalue weighted by Gasteiger charge is 2.31. The van der Waals surface area contributed by atoms with Gasteiger partial charge in [0, 0.05) is 11.1 Å². The predicted octanol–water partition coefficient (Wildman–Crippen LogP) is 10.4. The maximum atomic E-state index is 15.2. The fraction of sp³-hybridized carbons (Fsp3) is 0.636. The summed E-state index contributed by atoms with van der Waals surface area (Å²) in [5, 5.41) is 0. The molecule has 0 amide bonds. The topological polar surface area (TPSA) is 0 Å². The van der Waals surface area contributed by atoms with E-state index in [0.29, 0.717) is 23.0 Å². The first-order valence-electron chi connectivity index (χ1n) is 14.6. The van der Waals surface area contributed by atoms with Gasteiger partial charge in [0.05, 0.1) is 0 Å². The summed E-state index contributed by atoms with van der Waals surface area (Å²) in [6.07, 6.45) is 16.6. The van der Waals surface area contributed by atoms with Gasteiger partial charge < -0.3 is 0 Å². The van der Waals surface area contributed by atoms with Crippen LogP contribution < -0.4 is 0 Å². The van der Waals surface area contributed by atoms with Gasteiger partial charge in [-0.25, -0.2) is 8.78 Å². The lowest BCUT2D eigenvalue weighted by Crippen LogP contribution is -2.25. The molecule has 0 heterocycles. The minimum absolute atomic E-state index is 0.277. The average molecular weight is 479 g/mol. The van der Waals surface area contributed by atoms with Crippen molar-refractivity contribution in [1.82, 2.24) is 0 Å². The Morgan fingerprint density at radius 1 is 0.600 bits per heavy atom. The van der Waals surface area contributed by atoms with Crippen molar-refractivity contribution < 1.29 is 8.78 Å². The van der Waals surface area contributed by atoms with Crippen molar-refractivity contribution in [2.24, 2.45) is 23.7 Å². The van der Waals surface area contributed by atoms with Gasteiger partial charge in [-0.2, -0.15) is 0 Å². The third kappa shape index (κ3) is 5.67. The second-order valence-electron chi connectivity index (χ2n) is 12.2. The molecule has 0 aromatic heterocycles. The molecule has 3 aliphatic carbocycles. The lowest BCUT2D eigenvalue weighted by Gasteiger charge is -2.38. The monoisotopic (exact) mass is 478 g/mol. The van der Waals surface area contributed by atoms with E-state index < -0.39 is 0 Å². The summed E-state index contributed by atoms with van der Waals surface area (Å²) in [5.74, 6) is 3.85. The van der Waals surface area contributed by atoms with E-state index in [0.717, 1.165) is 47.6 Å². The molecule has 3 aliphatic rings. The molecule has 0 spiro atoms. The van der Waals surface area contributed by atoms with Gasteiger partial charge in [-0.05, 0) is 110 Å². The molecule has 190 valence electrons. The molecule has 35 heavy (non-hydrogen) atoms. The first kappa shape index (κ1) is 25.0. The molecule has 5 rings (SSSR count). The summed E-state index contributed by atoms with van der Waals surface area (Å²) in [6.45, 7) is 4.64. The summed E-state index contributed by atoms with van der Waals surface area (Å²) < 4.78 is 30.3. The molecule has 0 unspecified atom stereocenters. The van der Waals surface area contributed by atoms with Crippen LogP contribution in [0.15, 0.2) is 36.4 Å². The van der Waals surface area contributed by atoms with Crippen LogP contribution in [-0.4, -0.2) is 0 Å². The van der Waals surface area contributed by atoms with Crippen LogP contribution in [0.25, 0.3) is 11.1 Å². The fourth-order valence-electron chi connectivity index (χ4n) is 7.59. The van der Waals surface area contributed by atoms with Gasteiger partial charge >= 0.3 is 0 Å². The summed E-state index contributed by atoms with van der Waals surface area (Å²) >= 11 is 0. The van der Waals surface area contributed by atoms with Crippen molar-refractivity contribution in [2.75, 3.05) is 0 Å². The molecule has 2 heteroatoms. The molecule has 0 bridgehead atoms. The Bertz CT molecular complexity index is 971. The zero-order valence-electron chi connectivity index (χ0n) is 21.9. The quantitative estimate of drug-likeness (QED) is 0.401. The molecule has 0 N–H and O–H groups in total. The van der Waals surface area contributed by atoms with Gasteiger partial charge in [0.15, 0.2) is 0 Å². The number of halogens is 2. The van der Waals surface area contributed by atoms with Crippen LogP contribution in [0.2, 0.25) is 0 Å². The Labute approximate surface area is 211 Å². The van der Waals surface area contributed by atoms with Crippen molar-refractivity contribution >= 4 is 0 Å². The number of benzene rings is 2. The fourth-order valence-corrected chi connectivity index (χ4v) is 7.59. The number of rotatable bonds is 5. The van der Waals surface area contributed by atoms with Gasteiger partial charge in [0.25, 0.3) is 0 Å². The SMILES string of the molecule is CCC1CCC(C2CCC(c3ccc(-c4ccc(C5CCC(C)CC5)cc4F)c(F)c3)CC2)CC1. The van der Waals surface area contributed by atoms with Crippen LogP contribution in [0.4, 0.5) is 8.78 Å². The van der Waals surface area contributed by atoms with E-state index in [1.165, 1.54) is 70.6 Å². The molecule has 0 saturated heterocycles. The van der Waals surface area contributed by atoms with E-state index in [4.69, 9.17) is 0 Å². The lowest BCUT2D eigenvalue weighted by atomic mass is 9.68. The van der Waals surface area contributed by atoms with E-state index in [1.54, 1.807) is 18.2 Å². The first-order valence-corrected chi connectivity index (χ1v) is 14.6. The van der Waals surface area contributed by atoms with Crippen LogP contribution >= 0.6 is 0 Å². The van der Waals surface area contributed by atoms with Crippen LogP contribution in [-0.2, 0) is 0 Å². The van der Waals surface area contributed by atoms with Gasteiger partial charge in [-0.15, -0.1) is 0 Å². The Morgan fingerprint density at radius 3 is 1.46 bits per heavy atom. The zero-order chi connectivity index (χ0) is 24.4. The van der Waals surface area contributed by atoms with Crippen molar-refractivity contribution in [3.8, 4) is 11.1 Å². The Morgan fingerprint density at radius 2 is 1.03 bits per heavy atom. The maximum Gasteiger partial charge on any atom is 0.131 e. The molecule has 0 aliphatic heterocycles. The average Bonchev–Trinajstić information content (AvgIpc) is 2.89. The molecule has 3 saturated carbocycles. The lowest BCUT2D eigenvalue weighted by molar-refractivity contribution is 0.158. The highest BCUT2D eigenvalue weighted by molar-refractivity contribution is 5.66. The number of hydrogen-bond donors (Lipinski definition) is 0. The minimum atomic E-state index is -0.286. The highest BCUT2D eigenvalue weighted by atomic mass is 19.1. The van der Waals surface area contributed by atoms with Crippen molar-refractivity contribution in [3.63, 3.8) is 0 Å². The molecule has 0 atom stereocenters. The molecule has 2 aromatic rings. The molecular formula is C33H44F2. The standard InChI is InChI=1S/C33H44F2/c1-3-23-6-10-24(11-7-23)25-12-14-27(15-13-25)29-17-19-31(33(35)21-29)30-18-16-28(20-32(30)34)26-8-4-22(2)5-9-26/h16-27H,3-15H2,1-2H3. The van der Waals surface area contributed by atoms with Gasteiger partial charge in [-0.3, -0.25) is 0 Å². The predicted molar refractivity (Wildman–Crippen MR) is 143 cm³/mol. The summed E-state index contributed by atoms with van der Waals surface area (Å²) in [6, 6.07) is 11.1. The Kier molecular flexibility index (Phi) is 7.95. The van der Waals surface area contributed by atoms with Crippen LogP contribution in [0.5, 0.6) is 0 Å². The van der Waals surface area contributed by atoms with Crippen molar-refractivity contribution in [3.05, 3.63) is 59.2 Å². The van der Waals surface area contributed by atoms with Gasteiger partial charge in [0.2, 0.25) is 0 Å². The van der Waals surface area contributed by atoms with E-state index in [1.807, 2.05) is 12.1 Å². The number of hydrogen-bond acceptors (Lipinski definition) is 0. The van der Waals surface area contributed by atoms with Crippen molar-refractivity contribution in [1.29, 1.82) is 0 Å². The Hall–Kier alpha value is -1.70. The van der Waals surface area contributed by atoms with E-state index in [9.17, 15) is 0 Å². The molecule has 0 radical (unpaired) electrons. The zero-order valence-corrected chi connectivity index (χ0v) is 21.9. The molecule has 2 aromatic carbocycles. The van der Waals surface area contributed by atoms with E-state index in [-0.39, 0.29) is 11.6 Å². The second kappa shape index (κ2) is 11.1. The Balaban J connectivity index is 1.22. The second-order valence-corrected chi connectivity index (χ2v) is 12.2. The van der Waals surface area contributed by atoms with Gasteiger partial charge in [0.1, 0.15) is 11.6 Å². The highest BCUT2D eigenvalue weighted by Crippen LogP contribution is 2.45. The first-order chi connectivity index (χ1) is 17.0. The minimum Gasteiger partial charge on any atom is -0.206 e. The van der Waals surface area contributed by atoms with Crippen LogP contribution in [0, 0.1) is 35.3 Å². The van der Waals surface area contributed by atoms with Crippen LogP contribution in [0.3, 0.4) is 0 Å². The van der Waals surface area contributed by atoms with Crippen LogP contribution in [0.1, 0.15) is 120 Å². The molecular weight excluding hydrogens is 434 g/mol. The largest absolute Gasteiger partial charge is 0.206 e. The summed E-state index contributed by atoms with van der Waals surface area (Å²) in [5.41, 5.74) is 2.98. The van der Waals surface area contributed by atoms with E-state index >= 15 is 8.78 Å². The van der Waals surface area contributed by atoms with E-state index in [2.05, 4.69) is 19.9 Å². The van der Waals surface area contributed by atoms with Crippen molar-refractivity contribution in [2.45, 2.75) is 109 Å².